The highest BCUT2D eigenvalue weighted by molar-refractivity contribution is 7.80. The maximum Gasteiger partial charge on any atom is 0.259 e. The number of nitrogens with one attached hydrogen (secondary N) is 1. The van der Waals surface area contributed by atoms with Crippen LogP contribution in [0.1, 0.15) is 11.1 Å². The van der Waals surface area contributed by atoms with Gasteiger partial charge in [0.05, 0.1) is 5.69 Å². The summed E-state index contributed by atoms with van der Waals surface area (Å²) in [5, 5.41) is 0. The molecule has 0 aliphatic heterocycles. The number of benzene rings is 2. The van der Waals surface area contributed by atoms with E-state index < -0.39 is 22.9 Å². The van der Waals surface area contributed by atoms with Gasteiger partial charge in [-0.1, -0.05) is 6.07 Å². The molecule has 21 heavy (non-hydrogen) atoms. The van der Waals surface area contributed by atoms with Crippen LogP contribution >= 0.6 is 0 Å². The van der Waals surface area contributed by atoms with Crippen molar-refractivity contribution >= 4 is 22.6 Å². The number of nitrogens with two attached hydrogens (primary N) is 1. The lowest BCUT2D eigenvalue weighted by molar-refractivity contribution is 0.569. The molecule has 0 saturated heterocycles. The van der Waals surface area contributed by atoms with E-state index in [2.05, 4.69) is 4.72 Å². The van der Waals surface area contributed by atoms with E-state index in [4.69, 9.17) is 10.3 Å². The van der Waals surface area contributed by atoms with E-state index in [0.29, 0.717) is 35.3 Å². The van der Waals surface area contributed by atoms with E-state index in [1.807, 2.05) is 0 Å². The fourth-order valence-corrected chi connectivity index (χ4v) is 2.40. The predicted molar refractivity (Wildman–Crippen MR) is 79.0 cm³/mol. The molecular formula is C14H14F2N2O2S. The summed E-state index contributed by atoms with van der Waals surface area (Å²) in [5.41, 5.74) is 7.69. The average molecular weight is 312 g/mol. The molecule has 0 amide bonds. The van der Waals surface area contributed by atoms with E-state index in [0.717, 1.165) is 6.07 Å². The number of halogens is 2. The third kappa shape index (κ3) is 4.24. The van der Waals surface area contributed by atoms with Crippen LogP contribution in [0.2, 0.25) is 0 Å². The largest absolute Gasteiger partial charge is 0.399 e. The fourth-order valence-electron chi connectivity index (χ4n) is 2.01. The van der Waals surface area contributed by atoms with Crippen LogP contribution in [0.15, 0.2) is 36.4 Å². The van der Waals surface area contributed by atoms with Crippen molar-refractivity contribution in [2.75, 3.05) is 10.5 Å². The first-order valence-corrected chi connectivity index (χ1v) is 7.26. The summed E-state index contributed by atoms with van der Waals surface area (Å²) >= 11 is -2.20. The quantitative estimate of drug-likeness (QED) is 0.587. The van der Waals surface area contributed by atoms with Crippen molar-refractivity contribution < 1.29 is 17.5 Å². The standard InChI is InChI=1S/C14H14F2N2O2S/c15-11-4-3-9(13(16)8-11)1-2-10-7-12(17)5-6-14(10)18-21(19)20/h3-8,18H,1-2,17H2,(H,19,20). The molecule has 1 unspecified atom stereocenters. The lowest BCUT2D eigenvalue weighted by Gasteiger charge is -2.11. The maximum atomic E-state index is 13.6. The monoisotopic (exact) mass is 312 g/mol. The molecule has 0 radical (unpaired) electrons. The number of anilines is 2. The maximum absolute atomic E-state index is 13.6. The summed E-state index contributed by atoms with van der Waals surface area (Å²) in [5.74, 6) is -1.24. The van der Waals surface area contributed by atoms with Crippen LogP contribution in [-0.2, 0) is 24.1 Å². The average Bonchev–Trinajstić information content (AvgIpc) is 2.40. The molecule has 4 N–H and O–H groups in total. The van der Waals surface area contributed by atoms with Gasteiger partial charge in [-0.25, -0.2) is 13.0 Å². The highest BCUT2D eigenvalue weighted by Gasteiger charge is 2.08. The van der Waals surface area contributed by atoms with Crippen molar-refractivity contribution in [3.05, 3.63) is 59.2 Å². The summed E-state index contributed by atoms with van der Waals surface area (Å²) in [7, 11) is 0. The SMILES string of the molecule is Nc1ccc(NS(=O)O)c(CCc2ccc(F)cc2F)c1. The molecule has 2 rings (SSSR count). The number of nitrogen functional groups attached to an aromatic ring is 1. The summed E-state index contributed by atoms with van der Waals surface area (Å²) < 4.78 is 48.5. The minimum atomic E-state index is -2.20. The third-order valence-electron chi connectivity index (χ3n) is 3.01. The van der Waals surface area contributed by atoms with Crippen LogP contribution in [0.3, 0.4) is 0 Å². The Morgan fingerprint density at radius 3 is 2.48 bits per heavy atom. The zero-order valence-electron chi connectivity index (χ0n) is 11.0. The summed E-state index contributed by atoms with van der Waals surface area (Å²) in [4.78, 5) is 0. The Hall–Kier alpha value is -1.99. The van der Waals surface area contributed by atoms with Crippen LogP contribution in [-0.4, -0.2) is 8.76 Å². The van der Waals surface area contributed by atoms with Gasteiger partial charge in [0.2, 0.25) is 0 Å². The predicted octanol–water partition coefficient (Wildman–Crippen LogP) is 2.88. The van der Waals surface area contributed by atoms with Crippen molar-refractivity contribution in [1.29, 1.82) is 0 Å². The van der Waals surface area contributed by atoms with Gasteiger partial charge in [0.1, 0.15) is 11.6 Å². The van der Waals surface area contributed by atoms with Crippen molar-refractivity contribution in [3.8, 4) is 0 Å². The molecule has 1 atom stereocenters. The first-order valence-electron chi connectivity index (χ1n) is 6.15. The summed E-state index contributed by atoms with van der Waals surface area (Å²) in [6, 6.07) is 8.23. The second kappa shape index (κ2) is 6.64. The summed E-state index contributed by atoms with van der Waals surface area (Å²) in [6.07, 6.45) is 0.718. The molecule has 0 spiro atoms. The third-order valence-corrected chi connectivity index (χ3v) is 3.40. The fraction of sp³-hybridized carbons (Fsp3) is 0.143. The molecule has 0 aliphatic carbocycles. The number of aryl methyl sites for hydroxylation is 2. The Kier molecular flexibility index (Phi) is 4.87. The van der Waals surface area contributed by atoms with Crippen LogP contribution in [0.5, 0.6) is 0 Å². The van der Waals surface area contributed by atoms with E-state index in [1.165, 1.54) is 12.1 Å². The van der Waals surface area contributed by atoms with Gasteiger partial charge < -0.3 is 5.73 Å². The lowest BCUT2D eigenvalue weighted by atomic mass is 10.0. The molecule has 0 aromatic heterocycles. The Morgan fingerprint density at radius 1 is 1.10 bits per heavy atom. The lowest BCUT2D eigenvalue weighted by Crippen LogP contribution is -2.06. The zero-order chi connectivity index (χ0) is 15.4. The second-order valence-electron chi connectivity index (χ2n) is 4.50. The zero-order valence-corrected chi connectivity index (χ0v) is 11.8. The summed E-state index contributed by atoms with van der Waals surface area (Å²) in [6.45, 7) is 0. The first-order chi connectivity index (χ1) is 9.95. The van der Waals surface area contributed by atoms with Gasteiger partial charge in [-0.15, -0.1) is 0 Å². The van der Waals surface area contributed by atoms with Crippen molar-refractivity contribution in [2.24, 2.45) is 0 Å². The molecule has 0 aliphatic rings. The minimum absolute atomic E-state index is 0.322. The molecule has 0 fully saturated rings. The van der Waals surface area contributed by atoms with E-state index in [1.54, 1.807) is 18.2 Å². The van der Waals surface area contributed by atoms with Crippen LogP contribution < -0.4 is 10.5 Å². The van der Waals surface area contributed by atoms with E-state index >= 15 is 0 Å². The van der Waals surface area contributed by atoms with Gasteiger partial charge in [-0.05, 0) is 48.2 Å². The Morgan fingerprint density at radius 2 is 1.81 bits per heavy atom. The molecular weight excluding hydrogens is 298 g/mol. The van der Waals surface area contributed by atoms with Crippen molar-refractivity contribution in [1.82, 2.24) is 0 Å². The molecule has 0 heterocycles. The molecule has 4 nitrogen and oxygen atoms in total. The van der Waals surface area contributed by atoms with Gasteiger partial charge in [0, 0.05) is 11.8 Å². The van der Waals surface area contributed by atoms with E-state index in [-0.39, 0.29) is 0 Å². The van der Waals surface area contributed by atoms with E-state index in [9.17, 15) is 13.0 Å². The Labute approximate surface area is 123 Å². The molecule has 2 aromatic carbocycles. The first kappa shape index (κ1) is 15.4. The van der Waals surface area contributed by atoms with Gasteiger partial charge in [-0.3, -0.25) is 9.27 Å². The van der Waals surface area contributed by atoms with Gasteiger partial charge in [0.25, 0.3) is 11.3 Å². The normalized spacial score (nSPS) is 12.1. The van der Waals surface area contributed by atoms with Gasteiger partial charge >= 0.3 is 0 Å². The highest BCUT2D eigenvalue weighted by Crippen LogP contribution is 2.22. The van der Waals surface area contributed by atoms with Crippen molar-refractivity contribution in [2.45, 2.75) is 12.8 Å². The number of rotatable bonds is 5. The molecule has 2 aromatic rings. The van der Waals surface area contributed by atoms with Crippen LogP contribution in [0.25, 0.3) is 0 Å². The Balaban J connectivity index is 2.18. The molecule has 0 saturated carbocycles. The molecule has 0 bridgehead atoms. The number of hydrogen-bond acceptors (Lipinski definition) is 2. The second-order valence-corrected chi connectivity index (χ2v) is 5.21. The molecule has 112 valence electrons. The van der Waals surface area contributed by atoms with Crippen LogP contribution in [0, 0.1) is 11.6 Å². The van der Waals surface area contributed by atoms with Gasteiger partial charge in [0.15, 0.2) is 0 Å². The highest BCUT2D eigenvalue weighted by atomic mass is 32.2. The molecule has 7 heteroatoms. The number of hydrogen-bond donors (Lipinski definition) is 3. The van der Waals surface area contributed by atoms with Crippen LogP contribution in [0.4, 0.5) is 20.2 Å². The topological polar surface area (TPSA) is 75.3 Å². The smallest absolute Gasteiger partial charge is 0.259 e. The van der Waals surface area contributed by atoms with Crippen molar-refractivity contribution in [3.63, 3.8) is 0 Å². The Bertz CT molecular complexity index is 680. The minimum Gasteiger partial charge on any atom is -0.399 e. The van der Waals surface area contributed by atoms with Gasteiger partial charge in [-0.2, -0.15) is 0 Å².